The molecule has 0 saturated carbocycles. The van der Waals surface area contributed by atoms with Crippen LogP contribution in [-0.4, -0.2) is 0 Å². The van der Waals surface area contributed by atoms with Gasteiger partial charge in [-0.15, -0.1) is 0 Å². The summed E-state index contributed by atoms with van der Waals surface area (Å²) in [6.07, 6.45) is 0. The van der Waals surface area contributed by atoms with Crippen molar-refractivity contribution in [3.63, 3.8) is 0 Å². The van der Waals surface area contributed by atoms with E-state index in [0.717, 1.165) is 4.47 Å². The van der Waals surface area contributed by atoms with Crippen LogP contribution in [-0.2, 0) is 5.41 Å². The van der Waals surface area contributed by atoms with Gasteiger partial charge in [0.05, 0.1) is 5.41 Å². The van der Waals surface area contributed by atoms with E-state index < -0.39 is 5.41 Å². The Morgan fingerprint density at radius 3 is 1.37 bits per heavy atom. The topological polar surface area (TPSA) is 0 Å². The van der Waals surface area contributed by atoms with Gasteiger partial charge in [-0.3, -0.25) is 0 Å². The van der Waals surface area contributed by atoms with E-state index in [4.69, 9.17) is 0 Å². The fourth-order valence-corrected chi connectivity index (χ4v) is 8.25. The van der Waals surface area contributed by atoms with Crippen LogP contribution in [0, 0.1) is 0 Å². The van der Waals surface area contributed by atoms with Crippen LogP contribution in [0.1, 0.15) is 22.3 Å². The van der Waals surface area contributed by atoms with E-state index in [1.807, 2.05) is 0 Å². The van der Waals surface area contributed by atoms with E-state index in [1.165, 1.54) is 77.2 Å². The standard InChI is InChI=1S/C45H29Br/c46-34-27-25-32(26-28-34)45(41-23-10-8-17-35(41)36-18-9-11-24-42(36)45)33-16-12-15-31(29-33)44-39-21-6-4-19-37(39)43(30-13-2-1-3-14-30)38-20-5-7-22-40(38)44/h1-29H. The largest absolute Gasteiger partial charge is 0.0713 e. The second-order valence-corrected chi connectivity index (χ2v) is 13.1. The van der Waals surface area contributed by atoms with Crippen molar-refractivity contribution in [1.29, 1.82) is 0 Å². The van der Waals surface area contributed by atoms with Gasteiger partial charge in [-0.2, -0.15) is 0 Å². The molecule has 0 radical (unpaired) electrons. The molecule has 1 aliphatic rings. The zero-order valence-electron chi connectivity index (χ0n) is 25.1. The molecule has 0 atom stereocenters. The van der Waals surface area contributed by atoms with E-state index >= 15 is 0 Å². The maximum absolute atomic E-state index is 3.70. The molecule has 0 spiro atoms. The molecule has 1 heteroatoms. The third-order valence-electron chi connectivity index (χ3n) is 9.81. The first kappa shape index (κ1) is 27.1. The highest BCUT2D eigenvalue weighted by atomic mass is 79.9. The summed E-state index contributed by atoms with van der Waals surface area (Å²) in [4.78, 5) is 0. The summed E-state index contributed by atoms with van der Waals surface area (Å²) in [5, 5.41) is 5.07. The quantitative estimate of drug-likeness (QED) is 0.167. The van der Waals surface area contributed by atoms with Gasteiger partial charge in [-0.1, -0.05) is 174 Å². The molecule has 0 fully saturated rings. The van der Waals surface area contributed by atoms with Crippen molar-refractivity contribution >= 4 is 37.5 Å². The van der Waals surface area contributed by atoms with E-state index in [-0.39, 0.29) is 0 Å². The lowest BCUT2D eigenvalue weighted by molar-refractivity contribution is 0.768. The van der Waals surface area contributed by atoms with E-state index in [0.29, 0.717) is 0 Å². The van der Waals surface area contributed by atoms with E-state index in [1.54, 1.807) is 0 Å². The molecule has 0 saturated heterocycles. The van der Waals surface area contributed by atoms with Gasteiger partial charge in [0.25, 0.3) is 0 Å². The van der Waals surface area contributed by atoms with Crippen LogP contribution < -0.4 is 0 Å². The zero-order valence-corrected chi connectivity index (χ0v) is 26.7. The molecule has 0 aliphatic heterocycles. The first-order chi connectivity index (χ1) is 22.7. The molecule has 0 bridgehead atoms. The molecule has 8 aromatic carbocycles. The highest BCUT2D eigenvalue weighted by Gasteiger charge is 2.46. The molecule has 216 valence electrons. The van der Waals surface area contributed by atoms with Crippen LogP contribution in [0.15, 0.2) is 180 Å². The Morgan fingerprint density at radius 1 is 0.348 bits per heavy atom. The van der Waals surface area contributed by atoms with Gasteiger partial charge < -0.3 is 0 Å². The fourth-order valence-electron chi connectivity index (χ4n) is 7.99. The molecular weight excluding hydrogens is 620 g/mol. The molecule has 0 heterocycles. The highest BCUT2D eigenvalue weighted by Crippen LogP contribution is 2.56. The summed E-state index contributed by atoms with van der Waals surface area (Å²) in [5.74, 6) is 0. The van der Waals surface area contributed by atoms with Gasteiger partial charge in [0.15, 0.2) is 0 Å². The van der Waals surface area contributed by atoms with Gasteiger partial charge in [-0.05, 0) is 95.4 Å². The molecule has 0 aromatic heterocycles. The van der Waals surface area contributed by atoms with Crippen LogP contribution in [0.25, 0.3) is 54.9 Å². The third kappa shape index (κ3) is 3.92. The lowest BCUT2D eigenvalue weighted by atomic mass is 9.67. The van der Waals surface area contributed by atoms with Crippen molar-refractivity contribution in [2.24, 2.45) is 0 Å². The second kappa shape index (κ2) is 10.7. The number of hydrogen-bond acceptors (Lipinski definition) is 0. The molecule has 0 unspecified atom stereocenters. The number of hydrogen-bond donors (Lipinski definition) is 0. The summed E-state index contributed by atoms with van der Waals surface area (Å²) in [7, 11) is 0. The lowest BCUT2D eigenvalue weighted by Crippen LogP contribution is -2.28. The third-order valence-corrected chi connectivity index (χ3v) is 10.3. The predicted octanol–water partition coefficient (Wildman–Crippen LogP) is 12.5. The fraction of sp³-hybridized carbons (Fsp3) is 0.0222. The van der Waals surface area contributed by atoms with Crippen LogP contribution in [0.4, 0.5) is 0 Å². The first-order valence-corrected chi connectivity index (χ1v) is 16.6. The number of rotatable bonds is 4. The van der Waals surface area contributed by atoms with Crippen LogP contribution in [0.5, 0.6) is 0 Å². The maximum atomic E-state index is 3.70. The Bertz CT molecular complexity index is 2320. The first-order valence-electron chi connectivity index (χ1n) is 15.8. The maximum Gasteiger partial charge on any atom is 0.0713 e. The highest BCUT2D eigenvalue weighted by molar-refractivity contribution is 9.10. The van der Waals surface area contributed by atoms with E-state index in [2.05, 4.69) is 192 Å². The summed E-state index contributed by atoms with van der Waals surface area (Å²) < 4.78 is 1.08. The van der Waals surface area contributed by atoms with Gasteiger partial charge in [-0.25, -0.2) is 0 Å². The average Bonchev–Trinajstić information content (AvgIpc) is 3.42. The summed E-state index contributed by atoms with van der Waals surface area (Å²) in [6.45, 7) is 0. The Hall–Kier alpha value is -5.24. The average molecular weight is 650 g/mol. The van der Waals surface area contributed by atoms with Crippen LogP contribution in [0.2, 0.25) is 0 Å². The minimum atomic E-state index is -0.459. The van der Waals surface area contributed by atoms with E-state index in [9.17, 15) is 0 Å². The van der Waals surface area contributed by atoms with Gasteiger partial charge in [0, 0.05) is 4.47 Å². The number of fused-ring (bicyclic) bond motifs is 5. The Labute approximate surface area is 277 Å². The number of halogens is 1. The second-order valence-electron chi connectivity index (χ2n) is 12.1. The Balaban J connectivity index is 1.38. The van der Waals surface area contributed by atoms with Gasteiger partial charge >= 0.3 is 0 Å². The molecule has 0 amide bonds. The minimum absolute atomic E-state index is 0.459. The Kier molecular flexibility index (Phi) is 6.30. The molecule has 0 N–H and O–H groups in total. The smallest absolute Gasteiger partial charge is 0.0622 e. The lowest BCUT2D eigenvalue weighted by Gasteiger charge is -2.34. The predicted molar refractivity (Wildman–Crippen MR) is 197 cm³/mol. The molecule has 9 rings (SSSR count). The molecule has 0 nitrogen and oxygen atoms in total. The summed E-state index contributed by atoms with van der Waals surface area (Å²) in [5.41, 5.74) is 12.4. The van der Waals surface area contributed by atoms with Crippen molar-refractivity contribution in [2.75, 3.05) is 0 Å². The van der Waals surface area contributed by atoms with Gasteiger partial charge in [0.1, 0.15) is 0 Å². The Morgan fingerprint density at radius 2 is 0.804 bits per heavy atom. The summed E-state index contributed by atoms with van der Waals surface area (Å²) >= 11 is 3.70. The van der Waals surface area contributed by atoms with Crippen molar-refractivity contribution in [3.8, 4) is 33.4 Å². The number of benzene rings is 8. The SMILES string of the molecule is Brc1ccc(C2(c3cccc(-c4c5ccccc5c(-c5ccccc5)c5ccccc45)c3)c3ccccc3-c3ccccc32)cc1. The normalized spacial score (nSPS) is 13.1. The van der Waals surface area contributed by atoms with Crippen molar-refractivity contribution in [2.45, 2.75) is 5.41 Å². The van der Waals surface area contributed by atoms with Crippen LogP contribution in [0.3, 0.4) is 0 Å². The minimum Gasteiger partial charge on any atom is -0.0622 e. The van der Waals surface area contributed by atoms with Crippen molar-refractivity contribution in [3.05, 3.63) is 203 Å². The van der Waals surface area contributed by atoms with Gasteiger partial charge in [0.2, 0.25) is 0 Å². The van der Waals surface area contributed by atoms with Crippen molar-refractivity contribution in [1.82, 2.24) is 0 Å². The van der Waals surface area contributed by atoms with Crippen LogP contribution >= 0.6 is 15.9 Å². The van der Waals surface area contributed by atoms with Crippen molar-refractivity contribution < 1.29 is 0 Å². The molecule has 1 aliphatic carbocycles. The molecule has 46 heavy (non-hydrogen) atoms. The molecular formula is C45H29Br. The monoisotopic (exact) mass is 648 g/mol. The molecule has 8 aromatic rings. The summed E-state index contributed by atoms with van der Waals surface area (Å²) in [6, 6.07) is 64.8. The zero-order chi connectivity index (χ0) is 30.7.